The molecule has 0 heterocycles. The molecule has 1 rings (SSSR count). The minimum atomic E-state index is -1.73. The first-order valence-electron chi connectivity index (χ1n) is 5.66. The Hall–Kier alpha value is -2.12. The van der Waals surface area contributed by atoms with Gasteiger partial charge >= 0.3 is 11.9 Å². The molecule has 0 fully saturated rings. The third-order valence-corrected chi connectivity index (χ3v) is 2.71. The Morgan fingerprint density at radius 2 is 1.75 bits per heavy atom. The Morgan fingerprint density at radius 3 is 2.25 bits per heavy atom. The summed E-state index contributed by atoms with van der Waals surface area (Å²) in [4.78, 5) is 22.6. The zero-order chi connectivity index (χ0) is 15.3. The molecule has 0 amide bonds. The monoisotopic (exact) mass is 284 g/mol. The highest BCUT2D eigenvalue weighted by Gasteiger charge is 2.27. The molecule has 0 spiro atoms. The van der Waals surface area contributed by atoms with Crippen LogP contribution < -0.4 is 4.74 Å². The quantitative estimate of drug-likeness (QED) is 0.736. The molecule has 0 aliphatic heterocycles. The van der Waals surface area contributed by atoms with E-state index >= 15 is 0 Å². The lowest BCUT2D eigenvalue weighted by Crippen LogP contribution is -2.29. The van der Waals surface area contributed by atoms with Gasteiger partial charge in [0.1, 0.15) is 17.4 Å². The fraction of sp³-hybridized carbons (Fsp3) is 0.385. The molecule has 2 unspecified atom stereocenters. The van der Waals surface area contributed by atoms with Crippen molar-refractivity contribution in [2.75, 3.05) is 21.3 Å². The number of carbonyl (C=O) groups is 2. The average Bonchev–Trinajstić information content (AvgIpc) is 2.50. The highest BCUT2D eigenvalue weighted by molar-refractivity contribution is 5.92. The number of esters is 2. The van der Waals surface area contributed by atoms with Crippen LogP contribution in [0.4, 0.5) is 0 Å². The van der Waals surface area contributed by atoms with E-state index in [9.17, 15) is 19.8 Å². The van der Waals surface area contributed by atoms with Crippen molar-refractivity contribution in [2.24, 2.45) is 0 Å². The number of aliphatic hydroxyl groups excluding tert-OH is 2. The van der Waals surface area contributed by atoms with Gasteiger partial charge in [-0.3, -0.25) is 0 Å². The second-order valence-corrected chi connectivity index (χ2v) is 3.86. The van der Waals surface area contributed by atoms with Crippen molar-refractivity contribution in [3.05, 3.63) is 29.3 Å². The summed E-state index contributed by atoms with van der Waals surface area (Å²) in [7, 11) is 3.67. The molecule has 7 heteroatoms. The maximum absolute atomic E-state index is 11.5. The summed E-state index contributed by atoms with van der Waals surface area (Å²) < 4.78 is 13.9. The van der Waals surface area contributed by atoms with Crippen molar-refractivity contribution in [1.29, 1.82) is 0 Å². The first kappa shape index (κ1) is 15.9. The van der Waals surface area contributed by atoms with E-state index in [1.54, 1.807) is 0 Å². The standard InChI is InChI=1S/C13H16O7/c1-18-9-6-7(4-5-8(9)12(16)19-2)10(14)11(15)13(17)20-3/h4-6,10-11,14-15H,1-3H3. The summed E-state index contributed by atoms with van der Waals surface area (Å²) >= 11 is 0. The lowest BCUT2D eigenvalue weighted by molar-refractivity contribution is -0.156. The molecule has 2 N–H and O–H groups in total. The molecule has 2 atom stereocenters. The second-order valence-electron chi connectivity index (χ2n) is 3.86. The Morgan fingerprint density at radius 1 is 1.10 bits per heavy atom. The van der Waals surface area contributed by atoms with Crippen molar-refractivity contribution in [3.8, 4) is 5.75 Å². The molecular formula is C13H16O7. The average molecular weight is 284 g/mol. The minimum Gasteiger partial charge on any atom is -0.496 e. The van der Waals surface area contributed by atoms with Crippen LogP contribution in [-0.2, 0) is 14.3 Å². The fourth-order valence-electron chi connectivity index (χ4n) is 1.60. The number of ether oxygens (including phenoxy) is 3. The van der Waals surface area contributed by atoms with Gasteiger partial charge in [0.2, 0.25) is 0 Å². The van der Waals surface area contributed by atoms with Gasteiger partial charge < -0.3 is 24.4 Å². The largest absolute Gasteiger partial charge is 0.496 e. The van der Waals surface area contributed by atoms with E-state index in [1.807, 2.05) is 0 Å². The highest BCUT2D eigenvalue weighted by atomic mass is 16.5. The molecule has 1 aromatic carbocycles. The van der Waals surface area contributed by atoms with Gasteiger partial charge in [0.15, 0.2) is 6.10 Å². The molecule has 0 aromatic heterocycles. The minimum absolute atomic E-state index is 0.158. The molecule has 20 heavy (non-hydrogen) atoms. The van der Waals surface area contributed by atoms with Gasteiger partial charge in [0, 0.05) is 0 Å². The van der Waals surface area contributed by atoms with E-state index in [-0.39, 0.29) is 16.9 Å². The predicted octanol–water partition coefficient (Wildman–Crippen LogP) is 0.0491. The Labute approximate surface area is 115 Å². The summed E-state index contributed by atoms with van der Waals surface area (Å²) in [5.74, 6) is -1.41. The van der Waals surface area contributed by atoms with Gasteiger partial charge in [-0.2, -0.15) is 0 Å². The summed E-state index contributed by atoms with van der Waals surface area (Å²) in [5, 5.41) is 19.4. The van der Waals surface area contributed by atoms with Gasteiger partial charge in [0.05, 0.1) is 21.3 Å². The molecule has 0 bridgehead atoms. The zero-order valence-corrected chi connectivity index (χ0v) is 11.3. The number of rotatable bonds is 5. The first-order chi connectivity index (χ1) is 9.46. The number of hydrogen-bond donors (Lipinski definition) is 2. The van der Waals surface area contributed by atoms with Gasteiger partial charge in [-0.15, -0.1) is 0 Å². The topological polar surface area (TPSA) is 102 Å². The third-order valence-electron chi connectivity index (χ3n) is 2.71. The van der Waals surface area contributed by atoms with Crippen LogP contribution in [0.25, 0.3) is 0 Å². The van der Waals surface area contributed by atoms with Crippen molar-refractivity contribution < 1.29 is 34.0 Å². The van der Waals surface area contributed by atoms with Crippen molar-refractivity contribution in [1.82, 2.24) is 0 Å². The molecule has 0 aliphatic rings. The molecule has 110 valence electrons. The van der Waals surface area contributed by atoms with E-state index in [1.165, 1.54) is 32.4 Å². The van der Waals surface area contributed by atoms with Gasteiger partial charge in [-0.05, 0) is 17.7 Å². The van der Waals surface area contributed by atoms with Crippen LogP contribution in [0.1, 0.15) is 22.0 Å². The predicted molar refractivity (Wildman–Crippen MR) is 67.3 cm³/mol. The molecule has 7 nitrogen and oxygen atoms in total. The summed E-state index contributed by atoms with van der Waals surface area (Å²) in [6.45, 7) is 0. The van der Waals surface area contributed by atoms with E-state index < -0.39 is 24.1 Å². The van der Waals surface area contributed by atoms with Gasteiger partial charge in [0.25, 0.3) is 0 Å². The smallest absolute Gasteiger partial charge is 0.341 e. The van der Waals surface area contributed by atoms with E-state index in [4.69, 9.17) is 4.74 Å². The van der Waals surface area contributed by atoms with Gasteiger partial charge in [-0.25, -0.2) is 9.59 Å². The Bertz CT molecular complexity index is 497. The Kier molecular flexibility index (Phi) is 5.48. The second kappa shape index (κ2) is 6.88. The number of hydrogen-bond acceptors (Lipinski definition) is 7. The lowest BCUT2D eigenvalue weighted by Gasteiger charge is -2.17. The SMILES string of the molecule is COC(=O)c1ccc(C(O)C(O)C(=O)OC)cc1OC. The zero-order valence-electron chi connectivity index (χ0n) is 11.3. The maximum Gasteiger partial charge on any atom is 0.341 e. The van der Waals surface area contributed by atoms with Crippen molar-refractivity contribution in [3.63, 3.8) is 0 Å². The van der Waals surface area contributed by atoms with Crippen LogP contribution in [0, 0.1) is 0 Å². The number of benzene rings is 1. The molecule has 0 radical (unpaired) electrons. The lowest BCUT2D eigenvalue weighted by atomic mass is 10.0. The summed E-state index contributed by atoms with van der Waals surface area (Å²) in [5.41, 5.74) is 0.367. The molecule has 1 aromatic rings. The van der Waals surface area contributed by atoms with Crippen LogP contribution in [0.2, 0.25) is 0 Å². The molecular weight excluding hydrogens is 268 g/mol. The molecule has 0 saturated carbocycles. The highest BCUT2D eigenvalue weighted by Crippen LogP contribution is 2.26. The van der Waals surface area contributed by atoms with Crippen LogP contribution in [0.3, 0.4) is 0 Å². The summed E-state index contributed by atoms with van der Waals surface area (Å²) in [6, 6.07) is 4.09. The third kappa shape index (κ3) is 3.25. The normalized spacial score (nSPS) is 13.2. The van der Waals surface area contributed by atoms with Crippen LogP contribution >= 0.6 is 0 Å². The van der Waals surface area contributed by atoms with Crippen LogP contribution in [0.5, 0.6) is 5.75 Å². The molecule has 0 aliphatic carbocycles. The number of aliphatic hydroxyl groups is 2. The van der Waals surface area contributed by atoms with Crippen LogP contribution in [0.15, 0.2) is 18.2 Å². The van der Waals surface area contributed by atoms with Crippen molar-refractivity contribution >= 4 is 11.9 Å². The first-order valence-corrected chi connectivity index (χ1v) is 5.66. The maximum atomic E-state index is 11.5. The van der Waals surface area contributed by atoms with E-state index in [0.29, 0.717) is 0 Å². The van der Waals surface area contributed by atoms with Gasteiger partial charge in [-0.1, -0.05) is 6.07 Å². The fourth-order valence-corrected chi connectivity index (χ4v) is 1.60. The van der Waals surface area contributed by atoms with Crippen LogP contribution in [-0.4, -0.2) is 49.6 Å². The Balaban J connectivity index is 3.09. The number of methoxy groups -OCH3 is 3. The molecule has 0 saturated heterocycles. The van der Waals surface area contributed by atoms with E-state index in [2.05, 4.69) is 9.47 Å². The number of carbonyl (C=O) groups excluding carboxylic acids is 2. The summed E-state index contributed by atoms with van der Waals surface area (Å²) in [6.07, 6.45) is -3.23. The van der Waals surface area contributed by atoms with Crippen molar-refractivity contribution in [2.45, 2.75) is 12.2 Å². The van der Waals surface area contributed by atoms with E-state index in [0.717, 1.165) is 7.11 Å².